The molecule has 6 nitrogen and oxygen atoms in total. The zero-order valence-corrected chi connectivity index (χ0v) is 23.9. The Kier molecular flexibility index (Phi) is 7.30. The largest absolute Gasteiger partial charge is 0.342 e. The van der Waals surface area contributed by atoms with Crippen molar-refractivity contribution in [3.63, 3.8) is 0 Å². The number of pyridine rings is 1. The van der Waals surface area contributed by atoms with E-state index >= 15 is 0 Å². The van der Waals surface area contributed by atoms with Crippen molar-refractivity contribution in [2.24, 2.45) is 0 Å². The summed E-state index contributed by atoms with van der Waals surface area (Å²) in [4.78, 5) is 38.5. The average molecular weight is 557 g/mol. The Bertz CT molecular complexity index is 1520. The van der Waals surface area contributed by atoms with E-state index in [0.29, 0.717) is 30.6 Å². The third kappa shape index (κ3) is 5.23. The van der Waals surface area contributed by atoms with Crippen LogP contribution in [0.2, 0.25) is 0 Å². The van der Waals surface area contributed by atoms with Crippen LogP contribution in [0.15, 0.2) is 97.1 Å². The summed E-state index contributed by atoms with van der Waals surface area (Å²) in [6.07, 6.45) is 2.88. The second kappa shape index (κ2) is 11.5. The normalized spacial score (nSPS) is 19.2. The lowest BCUT2D eigenvalue weighted by Gasteiger charge is -2.44. The third-order valence-corrected chi connectivity index (χ3v) is 9.26. The van der Waals surface area contributed by atoms with Gasteiger partial charge in [0.1, 0.15) is 0 Å². The van der Waals surface area contributed by atoms with Gasteiger partial charge < -0.3 is 9.80 Å². The number of piperazine rings is 1. The van der Waals surface area contributed by atoms with Crippen LogP contribution >= 0.6 is 0 Å². The fraction of sp³-hybridized carbons (Fsp3) is 0.306. The molecule has 0 radical (unpaired) electrons. The second-order valence-corrected chi connectivity index (χ2v) is 11.7. The molecule has 1 aliphatic carbocycles. The predicted molar refractivity (Wildman–Crippen MR) is 165 cm³/mol. The van der Waals surface area contributed by atoms with Gasteiger partial charge in [0.25, 0.3) is 5.91 Å². The van der Waals surface area contributed by atoms with Gasteiger partial charge in [0.15, 0.2) is 0 Å². The molecule has 2 saturated heterocycles. The summed E-state index contributed by atoms with van der Waals surface area (Å²) in [5.74, 6) is 0.405. The highest BCUT2D eigenvalue weighted by atomic mass is 16.2. The topological polar surface area (TPSA) is 56.8 Å². The van der Waals surface area contributed by atoms with E-state index in [0.717, 1.165) is 68.0 Å². The molecule has 42 heavy (non-hydrogen) atoms. The molecule has 0 spiro atoms. The van der Waals surface area contributed by atoms with Gasteiger partial charge in [-0.25, -0.2) is 4.98 Å². The van der Waals surface area contributed by atoms with Crippen LogP contribution in [0.4, 0.5) is 0 Å². The maximum atomic E-state index is 13.8. The van der Waals surface area contributed by atoms with E-state index in [1.165, 1.54) is 11.1 Å². The Balaban J connectivity index is 0.986. The Morgan fingerprint density at radius 3 is 1.81 bits per heavy atom. The van der Waals surface area contributed by atoms with E-state index in [2.05, 4.69) is 28.0 Å². The summed E-state index contributed by atoms with van der Waals surface area (Å²) in [5.41, 5.74) is 6.83. The van der Waals surface area contributed by atoms with E-state index in [1.807, 2.05) is 83.8 Å². The molecule has 7 rings (SSSR count). The molecule has 3 aliphatic rings. The van der Waals surface area contributed by atoms with Crippen molar-refractivity contribution < 1.29 is 9.59 Å². The number of nitrogens with zero attached hydrogens (tertiary/aromatic N) is 4. The van der Waals surface area contributed by atoms with Crippen LogP contribution in [-0.2, 0) is 11.2 Å². The zero-order valence-electron chi connectivity index (χ0n) is 23.9. The quantitative estimate of drug-likeness (QED) is 0.326. The van der Waals surface area contributed by atoms with Gasteiger partial charge in [-0.2, -0.15) is 0 Å². The first-order valence-electron chi connectivity index (χ1n) is 15.2. The molecule has 2 aliphatic heterocycles. The van der Waals surface area contributed by atoms with Gasteiger partial charge in [0, 0.05) is 62.0 Å². The molecule has 3 aromatic carbocycles. The molecule has 0 N–H and O–H groups in total. The fourth-order valence-electron chi connectivity index (χ4n) is 6.79. The molecular weight excluding hydrogens is 520 g/mol. The van der Waals surface area contributed by atoms with Crippen LogP contribution in [0.5, 0.6) is 0 Å². The number of piperidine rings is 1. The number of hydrogen-bond donors (Lipinski definition) is 0. The third-order valence-electron chi connectivity index (χ3n) is 9.26. The first-order valence-corrected chi connectivity index (χ1v) is 15.2. The number of rotatable bonds is 5. The minimum absolute atomic E-state index is 0.0466. The van der Waals surface area contributed by atoms with Crippen molar-refractivity contribution in [3.8, 4) is 22.5 Å². The maximum absolute atomic E-state index is 13.8. The Labute approximate surface area is 247 Å². The van der Waals surface area contributed by atoms with Crippen molar-refractivity contribution in [2.45, 2.75) is 31.2 Å². The molecular formula is C36H36N4O2. The lowest BCUT2D eigenvalue weighted by molar-refractivity contribution is -0.135. The monoisotopic (exact) mass is 556 g/mol. The fourth-order valence-corrected chi connectivity index (χ4v) is 6.79. The number of carbonyl (C=O) groups is 2. The first kappa shape index (κ1) is 26.6. The van der Waals surface area contributed by atoms with E-state index in [1.54, 1.807) is 0 Å². The molecule has 1 atom stereocenters. The van der Waals surface area contributed by atoms with E-state index in [-0.39, 0.29) is 11.8 Å². The van der Waals surface area contributed by atoms with Crippen LogP contribution < -0.4 is 0 Å². The SMILES string of the molecule is O=C(c1cc(-c2ccccc2)nc(-c2ccccc2)c1)N1CCN(C2CCN(C(=O)C3Cc4ccccc43)CC2)CC1. The highest BCUT2D eigenvalue weighted by Crippen LogP contribution is 2.37. The molecule has 2 amide bonds. The summed E-state index contributed by atoms with van der Waals surface area (Å²) in [7, 11) is 0. The summed E-state index contributed by atoms with van der Waals surface area (Å²) in [5, 5.41) is 0. The van der Waals surface area contributed by atoms with Crippen LogP contribution in [0.3, 0.4) is 0 Å². The van der Waals surface area contributed by atoms with Gasteiger partial charge in [0.2, 0.25) is 5.91 Å². The number of aromatic nitrogens is 1. The van der Waals surface area contributed by atoms with Gasteiger partial charge in [-0.3, -0.25) is 14.5 Å². The highest BCUT2D eigenvalue weighted by molar-refractivity contribution is 5.96. The molecule has 0 saturated carbocycles. The Hall–Kier alpha value is -4.29. The number of benzene rings is 3. The molecule has 4 aromatic rings. The molecule has 1 unspecified atom stereocenters. The molecule has 2 fully saturated rings. The molecule has 212 valence electrons. The van der Waals surface area contributed by atoms with Crippen molar-refractivity contribution >= 4 is 11.8 Å². The van der Waals surface area contributed by atoms with Crippen molar-refractivity contribution in [1.82, 2.24) is 19.7 Å². The minimum Gasteiger partial charge on any atom is -0.342 e. The smallest absolute Gasteiger partial charge is 0.254 e. The number of hydrogen-bond acceptors (Lipinski definition) is 4. The maximum Gasteiger partial charge on any atom is 0.254 e. The minimum atomic E-state index is 0.0466. The average Bonchev–Trinajstić information content (AvgIpc) is 3.05. The second-order valence-electron chi connectivity index (χ2n) is 11.7. The number of likely N-dealkylation sites (tertiary alicyclic amines) is 1. The number of carbonyl (C=O) groups excluding carboxylic acids is 2. The first-order chi connectivity index (χ1) is 20.6. The molecule has 1 aromatic heterocycles. The number of amides is 2. The summed E-state index contributed by atoms with van der Waals surface area (Å²) in [6, 6.07) is 32.8. The predicted octanol–water partition coefficient (Wildman–Crippen LogP) is 5.50. The van der Waals surface area contributed by atoms with Crippen molar-refractivity contribution in [1.29, 1.82) is 0 Å². The zero-order chi connectivity index (χ0) is 28.5. The van der Waals surface area contributed by atoms with Crippen molar-refractivity contribution in [2.75, 3.05) is 39.3 Å². The van der Waals surface area contributed by atoms with Crippen LogP contribution in [0, 0.1) is 0 Å². The lowest BCUT2D eigenvalue weighted by Crippen LogP contribution is -2.55. The van der Waals surface area contributed by atoms with E-state index in [4.69, 9.17) is 4.98 Å². The van der Waals surface area contributed by atoms with Crippen molar-refractivity contribution in [3.05, 3.63) is 114 Å². The summed E-state index contributed by atoms with van der Waals surface area (Å²) >= 11 is 0. The molecule has 0 bridgehead atoms. The summed E-state index contributed by atoms with van der Waals surface area (Å²) in [6.45, 7) is 4.79. The van der Waals surface area contributed by atoms with Crippen LogP contribution in [-0.4, -0.2) is 76.8 Å². The van der Waals surface area contributed by atoms with Gasteiger partial charge >= 0.3 is 0 Å². The summed E-state index contributed by atoms with van der Waals surface area (Å²) < 4.78 is 0. The highest BCUT2D eigenvalue weighted by Gasteiger charge is 2.37. The van der Waals surface area contributed by atoms with Gasteiger partial charge in [-0.1, -0.05) is 84.9 Å². The van der Waals surface area contributed by atoms with Gasteiger partial charge in [-0.15, -0.1) is 0 Å². The Morgan fingerprint density at radius 2 is 1.21 bits per heavy atom. The lowest BCUT2D eigenvalue weighted by atomic mass is 9.76. The van der Waals surface area contributed by atoms with Crippen LogP contribution in [0.25, 0.3) is 22.5 Å². The van der Waals surface area contributed by atoms with Gasteiger partial charge in [-0.05, 0) is 42.5 Å². The number of fused-ring (bicyclic) bond motifs is 1. The van der Waals surface area contributed by atoms with Crippen LogP contribution in [0.1, 0.15) is 40.2 Å². The molecule has 3 heterocycles. The van der Waals surface area contributed by atoms with Gasteiger partial charge in [0.05, 0.1) is 17.3 Å². The standard InChI is InChI=1S/C36H36N4O2/c41-35(29-24-33(26-9-3-1-4-10-26)37-34(25-29)27-11-5-2-6-12-27)40-21-19-38(20-22-40)30-15-17-39(18-16-30)36(42)32-23-28-13-7-8-14-31(28)32/h1-14,24-25,30,32H,15-23H2. The van der Waals surface area contributed by atoms with E-state index < -0.39 is 0 Å². The van der Waals surface area contributed by atoms with E-state index in [9.17, 15) is 9.59 Å². The molecule has 6 heteroatoms. The Morgan fingerprint density at radius 1 is 0.643 bits per heavy atom.